The molecule has 2 heteroatoms. The summed E-state index contributed by atoms with van der Waals surface area (Å²) < 4.78 is 0. The first-order valence-corrected chi connectivity index (χ1v) is 6.60. The summed E-state index contributed by atoms with van der Waals surface area (Å²) in [7, 11) is 0. The minimum atomic E-state index is 0.251. The summed E-state index contributed by atoms with van der Waals surface area (Å²) in [6.07, 6.45) is 3.55. The van der Waals surface area contributed by atoms with Gasteiger partial charge in [-0.1, -0.05) is 38.1 Å². The Labute approximate surface area is 104 Å². The number of carbonyl (C=O) groups excluding carboxylic acids is 1. The largest absolute Gasteiger partial charge is 0.293 e. The second kappa shape index (κ2) is 5.46. The average molecular weight is 231 g/mol. The number of rotatable bonds is 6. The molecule has 0 radical (unpaired) electrons. The van der Waals surface area contributed by atoms with E-state index in [0.29, 0.717) is 12.6 Å². The highest BCUT2D eigenvalue weighted by Crippen LogP contribution is 2.26. The molecule has 0 amide bonds. The van der Waals surface area contributed by atoms with Crippen molar-refractivity contribution in [1.29, 1.82) is 0 Å². The van der Waals surface area contributed by atoms with Gasteiger partial charge in [-0.3, -0.25) is 9.69 Å². The second-order valence-electron chi connectivity index (χ2n) is 4.77. The van der Waals surface area contributed by atoms with Crippen molar-refractivity contribution < 1.29 is 4.79 Å². The van der Waals surface area contributed by atoms with Crippen LogP contribution in [0.4, 0.5) is 0 Å². The Morgan fingerprint density at radius 2 is 1.88 bits per heavy atom. The van der Waals surface area contributed by atoms with Crippen molar-refractivity contribution in [3.05, 3.63) is 35.4 Å². The fourth-order valence-corrected chi connectivity index (χ4v) is 2.14. The lowest BCUT2D eigenvalue weighted by molar-refractivity contribution is 0.0928. The van der Waals surface area contributed by atoms with E-state index in [2.05, 4.69) is 30.9 Å². The number of ketones is 1. The molecule has 0 aromatic heterocycles. The van der Waals surface area contributed by atoms with Crippen LogP contribution >= 0.6 is 0 Å². The van der Waals surface area contributed by atoms with Crippen molar-refractivity contribution >= 4 is 5.78 Å². The van der Waals surface area contributed by atoms with E-state index in [4.69, 9.17) is 0 Å². The van der Waals surface area contributed by atoms with Crippen LogP contribution < -0.4 is 0 Å². The zero-order chi connectivity index (χ0) is 12.3. The standard InChI is InChI=1S/C15H21NO/c1-3-12-5-7-13(8-6-12)15(17)11-16(4-2)14-9-10-14/h5-8,14H,3-4,9-11H2,1-2H3. The number of aryl methyl sites for hydroxylation is 1. The van der Waals surface area contributed by atoms with E-state index >= 15 is 0 Å². The van der Waals surface area contributed by atoms with Crippen molar-refractivity contribution in [3.8, 4) is 0 Å². The quantitative estimate of drug-likeness (QED) is 0.702. The SMILES string of the molecule is CCc1ccc(C(=O)CN(CC)C2CC2)cc1. The minimum Gasteiger partial charge on any atom is -0.293 e. The number of Topliss-reactive ketones (excluding diaryl/α,β-unsaturated/α-hetero) is 1. The van der Waals surface area contributed by atoms with Crippen LogP contribution in [0.3, 0.4) is 0 Å². The Balaban J connectivity index is 1.97. The summed E-state index contributed by atoms with van der Waals surface area (Å²) in [5, 5.41) is 0. The molecule has 1 aromatic rings. The summed E-state index contributed by atoms with van der Waals surface area (Å²) in [6.45, 7) is 5.81. The Morgan fingerprint density at radius 1 is 1.24 bits per heavy atom. The predicted octanol–water partition coefficient (Wildman–Crippen LogP) is 2.92. The van der Waals surface area contributed by atoms with Crippen LogP contribution in [0.15, 0.2) is 24.3 Å². The Bertz CT molecular complexity index is 378. The van der Waals surface area contributed by atoms with Gasteiger partial charge in [-0.05, 0) is 31.4 Å². The molecule has 1 aromatic carbocycles. The van der Waals surface area contributed by atoms with Gasteiger partial charge in [0.15, 0.2) is 5.78 Å². The van der Waals surface area contributed by atoms with E-state index in [-0.39, 0.29) is 5.78 Å². The smallest absolute Gasteiger partial charge is 0.176 e. The molecule has 0 aliphatic heterocycles. The van der Waals surface area contributed by atoms with Gasteiger partial charge >= 0.3 is 0 Å². The van der Waals surface area contributed by atoms with Gasteiger partial charge < -0.3 is 0 Å². The van der Waals surface area contributed by atoms with Crippen LogP contribution in [0.2, 0.25) is 0 Å². The van der Waals surface area contributed by atoms with Gasteiger partial charge in [-0.2, -0.15) is 0 Å². The molecule has 0 bridgehead atoms. The zero-order valence-corrected chi connectivity index (χ0v) is 10.8. The van der Waals surface area contributed by atoms with E-state index in [9.17, 15) is 4.79 Å². The molecule has 0 unspecified atom stereocenters. The first-order chi connectivity index (χ1) is 8.24. The van der Waals surface area contributed by atoms with Crippen LogP contribution in [-0.2, 0) is 6.42 Å². The van der Waals surface area contributed by atoms with Crippen LogP contribution in [0.25, 0.3) is 0 Å². The number of nitrogens with zero attached hydrogens (tertiary/aromatic N) is 1. The fraction of sp³-hybridized carbons (Fsp3) is 0.533. The Hall–Kier alpha value is -1.15. The molecule has 2 nitrogen and oxygen atoms in total. The molecule has 0 spiro atoms. The second-order valence-corrected chi connectivity index (χ2v) is 4.77. The molecule has 0 heterocycles. The summed E-state index contributed by atoms with van der Waals surface area (Å²) >= 11 is 0. The van der Waals surface area contributed by atoms with Gasteiger partial charge in [0.1, 0.15) is 0 Å². The van der Waals surface area contributed by atoms with Gasteiger partial charge in [-0.15, -0.1) is 0 Å². The summed E-state index contributed by atoms with van der Waals surface area (Å²) in [5.74, 6) is 0.251. The summed E-state index contributed by atoms with van der Waals surface area (Å²) in [6, 6.07) is 8.70. The highest BCUT2D eigenvalue weighted by Gasteiger charge is 2.29. The number of benzene rings is 1. The van der Waals surface area contributed by atoms with Crippen molar-refractivity contribution in [2.24, 2.45) is 0 Å². The van der Waals surface area contributed by atoms with Gasteiger partial charge in [0, 0.05) is 11.6 Å². The Kier molecular flexibility index (Phi) is 3.95. The van der Waals surface area contributed by atoms with Crippen molar-refractivity contribution in [3.63, 3.8) is 0 Å². The lowest BCUT2D eigenvalue weighted by atomic mass is 10.1. The molecule has 17 heavy (non-hydrogen) atoms. The third-order valence-electron chi connectivity index (χ3n) is 3.50. The summed E-state index contributed by atoms with van der Waals surface area (Å²) in [5.41, 5.74) is 2.14. The van der Waals surface area contributed by atoms with E-state index in [1.165, 1.54) is 18.4 Å². The van der Waals surface area contributed by atoms with Crippen molar-refractivity contribution in [2.75, 3.05) is 13.1 Å². The molecule has 0 N–H and O–H groups in total. The number of likely N-dealkylation sites (N-methyl/N-ethyl adjacent to an activating group) is 1. The van der Waals surface area contributed by atoms with Gasteiger partial charge in [0.25, 0.3) is 0 Å². The highest BCUT2D eigenvalue weighted by atomic mass is 16.1. The maximum atomic E-state index is 12.1. The van der Waals surface area contributed by atoms with Gasteiger partial charge in [0.2, 0.25) is 0 Å². The van der Waals surface area contributed by atoms with E-state index in [0.717, 1.165) is 18.5 Å². The molecule has 1 aliphatic carbocycles. The van der Waals surface area contributed by atoms with Gasteiger partial charge in [-0.25, -0.2) is 0 Å². The molecular formula is C15H21NO. The average Bonchev–Trinajstić information content (AvgIpc) is 3.20. The van der Waals surface area contributed by atoms with Crippen molar-refractivity contribution in [1.82, 2.24) is 4.90 Å². The third kappa shape index (κ3) is 3.16. The van der Waals surface area contributed by atoms with Gasteiger partial charge in [0.05, 0.1) is 6.54 Å². The van der Waals surface area contributed by atoms with Crippen LogP contribution in [-0.4, -0.2) is 29.8 Å². The molecule has 1 saturated carbocycles. The minimum absolute atomic E-state index is 0.251. The highest BCUT2D eigenvalue weighted by molar-refractivity contribution is 5.97. The first-order valence-electron chi connectivity index (χ1n) is 6.60. The number of hydrogen-bond donors (Lipinski definition) is 0. The first kappa shape index (κ1) is 12.3. The zero-order valence-electron chi connectivity index (χ0n) is 10.8. The lowest BCUT2D eigenvalue weighted by Crippen LogP contribution is -2.31. The lowest BCUT2D eigenvalue weighted by Gasteiger charge is -2.18. The number of carbonyl (C=O) groups is 1. The molecule has 1 fully saturated rings. The van der Waals surface area contributed by atoms with E-state index in [1.54, 1.807) is 0 Å². The van der Waals surface area contributed by atoms with E-state index < -0.39 is 0 Å². The van der Waals surface area contributed by atoms with Crippen molar-refractivity contribution in [2.45, 2.75) is 39.2 Å². The molecule has 92 valence electrons. The molecule has 2 rings (SSSR count). The topological polar surface area (TPSA) is 20.3 Å². The molecular weight excluding hydrogens is 210 g/mol. The fourth-order valence-electron chi connectivity index (χ4n) is 2.14. The third-order valence-corrected chi connectivity index (χ3v) is 3.50. The normalized spacial score (nSPS) is 15.2. The van der Waals surface area contributed by atoms with Crippen LogP contribution in [0.5, 0.6) is 0 Å². The summed E-state index contributed by atoms with van der Waals surface area (Å²) in [4.78, 5) is 14.4. The monoisotopic (exact) mass is 231 g/mol. The van der Waals surface area contributed by atoms with Crippen LogP contribution in [0.1, 0.15) is 42.6 Å². The predicted molar refractivity (Wildman–Crippen MR) is 70.4 cm³/mol. The molecule has 0 saturated heterocycles. The molecule has 1 aliphatic rings. The maximum absolute atomic E-state index is 12.1. The maximum Gasteiger partial charge on any atom is 0.176 e. The Morgan fingerprint density at radius 3 is 2.35 bits per heavy atom. The van der Waals surface area contributed by atoms with Crippen LogP contribution in [0, 0.1) is 0 Å². The number of hydrogen-bond acceptors (Lipinski definition) is 2. The molecule has 0 atom stereocenters. The van der Waals surface area contributed by atoms with E-state index in [1.807, 2.05) is 12.1 Å².